The predicted octanol–water partition coefficient (Wildman–Crippen LogP) is 9.62. The predicted molar refractivity (Wildman–Crippen MR) is 160 cm³/mol. The van der Waals surface area contributed by atoms with E-state index in [-0.39, 0.29) is 33.6 Å². The monoisotopic (exact) mass is 534 g/mol. The normalized spacial score (nSPS) is 38.6. The first-order chi connectivity index (χ1) is 17.7. The van der Waals surface area contributed by atoms with Crippen molar-refractivity contribution >= 4 is 17.3 Å². The van der Waals surface area contributed by atoms with Crippen LogP contribution in [0.5, 0.6) is 0 Å². The Labute approximate surface area is 238 Å². The summed E-state index contributed by atoms with van der Waals surface area (Å²) in [6, 6.07) is 5.50. The van der Waals surface area contributed by atoms with Gasteiger partial charge in [0, 0.05) is 32.9 Å². The highest BCUT2D eigenvalue weighted by molar-refractivity contribution is 6.10. The molecular formula is C36H54O3. The van der Waals surface area contributed by atoms with Crippen molar-refractivity contribution in [1.29, 1.82) is 0 Å². The Hall–Kier alpha value is -1.77. The summed E-state index contributed by atoms with van der Waals surface area (Å²) in [4.78, 5) is 43.3. The minimum atomic E-state index is -0.537. The molecule has 0 aromatic heterocycles. The Morgan fingerprint density at radius 3 is 0.846 bits per heavy atom. The molecule has 0 heterocycles. The van der Waals surface area contributed by atoms with Gasteiger partial charge in [-0.3, -0.25) is 14.4 Å². The second-order valence-electron chi connectivity index (χ2n) is 16.3. The zero-order valence-corrected chi connectivity index (χ0v) is 26.9. The summed E-state index contributed by atoms with van der Waals surface area (Å²) in [7, 11) is 0. The summed E-state index contributed by atoms with van der Waals surface area (Å²) in [5.74, 6) is 1.52. The molecule has 0 radical (unpaired) electrons. The van der Waals surface area contributed by atoms with Crippen molar-refractivity contribution in [1.82, 2.24) is 0 Å². The summed E-state index contributed by atoms with van der Waals surface area (Å²) in [6.45, 7) is 26.2. The Morgan fingerprint density at radius 1 is 0.487 bits per heavy atom. The van der Waals surface area contributed by atoms with E-state index in [9.17, 15) is 14.4 Å². The number of Topliss-reactive ketones (excluding diaryl/α,β-unsaturated/α-hetero) is 3. The molecule has 3 aliphatic carbocycles. The Balaban J connectivity index is 1.88. The average molecular weight is 535 g/mol. The van der Waals surface area contributed by atoms with Crippen molar-refractivity contribution in [2.24, 2.45) is 50.2 Å². The highest BCUT2D eigenvalue weighted by Crippen LogP contribution is 2.60. The van der Waals surface area contributed by atoms with Crippen LogP contribution in [0.2, 0.25) is 0 Å². The number of hydrogen-bond donors (Lipinski definition) is 0. The zero-order chi connectivity index (χ0) is 29.6. The van der Waals surface area contributed by atoms with E-state index in [1.807, 2.05) is 18.2 Å². The van der Waals surface area contributed by atoms with Crippen molar-refractivity contribution in [3.8, 4) is 0 Å². The second-order valence-corrected chi connectivity index (χ2v) is 16.3. The molecule has 39 heavy (non-hydrogen) atoms. The molecule has 0 saturated heterocycles. The summed E-state index contributed by atoms with van der Waals surface area (Å²) in [5, 5.41) is 0. The van der Waals surface area contributed by atoms with E-state index in [1.54, 1.807) is 0 Å². The van der Waals surface area contributed by atoms with E-state index < -0.39 is 16.2 Å². The lowest BCUT2D eigenvalue weighted by Gasteiger charge is -2.41. The Bertz CT molecular complexity index is 1040. The van der Waals surface area contributed by atoms with E-state index in [4.69, 9.17) is 0 Å². The lowest BCUT2D eigenvalue weighted by Crippen LogP contribution is -2.42. The summed E-state index contributed by atoms with van der Waals surface area (Å²) >= 11 is 0. The van der Waals surface area contributed by atoms with Crippen molar-refractivity contribution in [3.05, 3.63) is 34.9 Å². The van der Waals surface area contributed by atoms with Crippen LogP contribution in [-0.4, -0.2) is 17.3 Å². The minimum Gasteiger partial charge on any atom is -0.294 e. The van der Waals surface area contributed by atoms with Crippen LogP contribution in [0, 0.1) is 50.2 Å². The molecule has 0 bridgehead atoms. The maximum Gasteiger partial charge on any atom is 0.169 e. The molecule has 0 amide bonds. The number of ketones is 3. The minimum absolute atomic E-state index is 0.0777. The molecule has 1 aromatic carbocycles. The topological polar surface area (TPSA) is 51.2 Å². The maximum atomic E-state index is 14.4. The lowest BCUT2D eigenvalue weighted by molar-refractivity contribution is 0.0539. The van der Waals surface area contributed by atoms with Gasteiger partial charge in [-0.05, 0) is 90.7 Å². The number of carbonyl (C=O) groups is 3. The second kappa shape index (κ2) is 9.12. The standard InChI is InChI=1S/C36H54O3/c1-22-13-16-34(10,31(22,4)5)28(37)25-19-26(29(38)35(11)17-14-23(2)32(35,6)7)21-27(20-25)30(39)36(12)18-15-24(3)33(36,8)9/h19-24H,13-18H2,1-12H3/t22-,23-,24+,34-,35-,36-/m0/s1. The number of benzene rings is 1. The molecule has 3 aliphatic rings. The van der Waals surface area contributed by atoms with E-state index in [1.165, 1.54) is 0 Å². The van der Waals surface area contributed by atoms with Crippen LogP contribution in [-0.2, 0) is 0 Å². The molecule has 1 aromatic rings. The first-order valence-electron chi connectivity index (χ1n) is 15.5. The van der Waals surface area contributed by atoms with Gasteiger partial charge < -0.3 is 0 Å². The number of hydrogen-bond acceptors (Lipinski definition) is 3. The van der Waals surface area contributed by atoms with E-state index in [2.05, 4.69) is 83.1 Å². The van der Waals surface area contributed by atoms with Gasteiger partial charge in [-0.2, -0.15) is 0 Å². The van der Waals surface area contributed by atoms with Crippen molar-refractivity contribution in [2.75, 3.05) is 0 Å². The van der Waals surface area contributed by atoms with E-state index in [0.717, 1.165) is 38.5 Å². The molecule has 0 aliphatic heterocycles. The van der Waals surface area contributed by atoms with Gasteiger partial charge in [-0.15, -0.1) is 0 Å². The fraction of sp³-hybridized carbons (Fsp3) is 0.750. The van der Waals surface area contributed by atoms with Gasteiger partial charge in [0.2, 0.25) is 0 Å². The Kier molecular flexibility index (Phi) is 7.06. The largest absolute Gasteiger partial charge is 0.294 e. The van der Waals surface area contributed by atoms with Crippen LogP contribution in [0.3, 0.4) is 0 Å². The first-order valence-corrected chi connectivity index (χ1v) is 15.5. The van der Waals surface area contributed by atoms with Crippen molar-refractivity contribution < 1.29 is 14.4 Å². The van der Waals surface area contributed by atoms with E-state index in [0.29, 0.717) is 34.4 Å². The van der Waals surface area contributed by atoms with Gasteiger partial charge in [0.05, 0.1) is 0 Å². The molecule has 0 unspecified atom stereocenters. The van der Waals surface area contributed by atoms with Crippen LogP contribution in [0.25, 0.3) is 0 Å². The van der Waals surface area contributed by atoms with Gasteiger partial charge in [-0.25, -0.2) is 0 Å². The molecule has 3 heteroatoms. The van der Waals surface area contributed by atoms with Crippen LogP contribution in [0.4, 0.5) is 0 Å². The van der Waals surface area contributed by atoms with Crippen molar-refractivity contribution in [3.63, 3.8) is 0 Å². The van der Waals surface area contributed by atoms with Gasteiger partial charge >= 0.3 is 0 Å². The molecule has 216 valence electrons. The van der Waals surface area contributed by atoms with Crippen LogP contribution < -0.4 is 0 Å². The third-order valence-electron chi connectivity index (χ3n) is 14.4. The van der Waals surface area contributed by atoms with E-state index >= 15 is 0 Å². The number of carbonyl (C=O) groups excluding carboxylic acids is 3. The summed E-state index contributed by atoms with van der Waals surface area (Å²) < 4.78 is 0. The highest BCUT2D eigenvalue weighted by Gasteiger charge is 2.57. The molecule has 3 saturated carbocycles. The zero-order valence-electron chi connectivity index (χ0n) is 26.9. The first kappa shape index (κ1) is 30.2. The Morgan fingerprint density at radius 2 is 0.692 bits per heavy atom. The molecule has 3 fully saturated rings. The molecule has 0 spiro atoms. The molecule has 4 rings (SSSR count). The van der Waals surface area contributed by atoms with Gasteiger partial charge in [-0.1, -0.05) is 83.1 Å². The summed E-state index contributed by atoms with van der Waals surface area (Å²) in [5.41, 5.74) is -0.510. The summed E-state index contributed by atoms with van der Waals surface area (Å²) in [6.07, 6.45) is 5.50. The van der Waals surface area contributed by atoms with Crippen LogP contribution >= 0.6 is 0 Å². The fourth-order valence-corrected chi connectivity index (χ4v) is 8.39. The lowest BCUT2D eigenvalue weighted by atomic mass is 9.61. The average Bonchev–Trinajstić information content (AvgIpc) is 3.33. The van der Waals surface area contributed by atoms with Crippen LogP contribution in [0.1, 0.15) is 153 Å². The van der Waals surface area contributed by atoms with Crippen LogP contribution in [0.15, 0.2) is 18.2 Å². The molecule has 3 nitrogen and oxygen atoms in total. The quantitative estimate of drug-likeness (QED) is 0.341. The van der Waals surface area contributed by atoms with Gasteiger partial charge in [0.1, 0.15) is 0 Å². The molecule has 0 N–H and O–H groups in total. The number of rotatable bonds is 6. The van der Waals surface area contributed by atoms with Gasteiger partial charge in [0.15, 0.2) is 17.3 Å². The third kappa shape index (κ3) is 3.98. The highest BCUT2D eigenvalue weighted by atomic mass is 16.1. The molecular weight excluding hydrogens is 480 g/mol. The molecule has 6 atom stereocenters. The third-order valence-corrected chi connectivity index (χ3v) is 14.4. The fourth-order valence-electron chi connectivity index (χ4n) is 8.39. The van der Waals surface area contributed by atoms with Gasteiger partial charge in [0.25, 0.3) is 0 Å². The van der Waals surface area contributed by atoms with Crippen molar-refractivity contribution in [2.45, 2.75) is 122 Å². The maximum absolute atomic E-state index is 14.4. The smallest absolute Gasteiger partial charge is 0.169 e. The SMILES string of the molecule is C[C@@H]1CC[C@@](C)(C(=O)c2cc(C(=O)[C@]3(C)CC[C@H](C)C3(C)C)cc(C(=O)[C@]3(C)CC[C@H](C)C3(C)C)c2)C1(C)C.